The van der Waals surface area contributed by atoms with E-state index in [4.69, 9.17) is 28.4 Å². The fourth-order valence-electron chi connectivity index (χ4n) is 4.09. The maximum absolute atomic E-state index is 12.2. The number of carboxylic acid groups (broad SMARTS) is 1. The highest BCUT2D eigenvalue weighted by Crippen LogP contribution is 2.50. The lowest BCUT2D eigenvalue weighted by Gasteiger charge is -2.33. The number of methoxy groups -OCH3 is 3. The number of carboxylic acids is 1. The van der Waals surface area contributed by atoms with E-state index >= 15 is 0 Å². The van der Waals surface area contributed by atoms with Crippen molar-refractivity contribution >= 4 is 17.7 Å². The summed E-state index contributed by atoms with van der Waals surface area (Å²) < 4.78 is 32.6. The Morgan fingerprint density at radius 2 is 1.59 bits per heavy atom. The average molecular weight is 441 g/mol. The first-order valence-corrected chi connectivity index (χ1v) is 9.72. The monoisotopic (exact) mass is 441 g/mol. The minimum atomic E-state index is -1.34. The topological polar surface area (TPSA) is 113 Å². The number of esters is 1. The number of carbonyl (C=O) groups is 2. The standard InChI is InChI=1S/C23H22O9/c1-11(24)32-16-9-15(23(25)26)21(14-8-18-17(7-13(14)16)30-10-31-18)12-5-19(27-2)22(29-4)20(6-12)28-3/h5-9,15,21H,10H2,1-4H3,(H,25,26)/p-1. The molecule has 1 aliphatic heterocycles. The number of aliphatic carboxylic acids is 1. The second-order valence-electron chi connectivity index (χ2n) is 7.20. The molecule has 0 saturated carbocycles. The summed E-state index contributed by atoms with van der Waals surface area (Å²) in [6, 6.07) is 6.73. The van der Waals surface area contributed by atoms with Crippen molar-refractivity contribution in [3.8, 4) is 28.7 Å². The van der Waals surface area contributed by atoms with Gasteiger partial charge >= 0.3 is 5.97 Å². The number of rotatable bonds is 6. The van der Waals surface area contributed by atoms with Gasteiger partial charge in [-0.15, -0.1) is 0 Å². The second kappa shape index (κ2) is 8.33. The van der Waals surface area contributed by atoms with Crippen LogP contribution in [0.4, 0.5) is 0 Å². The van der Waals surface area contributed by atoms with Gasteiger partial charge in [-0.1, -0.05) is 0 Å². The van der Waals surface area contributed by atoms with Crippen LogP contribution in [-0.2, 0) is 14.3 Å². The Balaban J connectivity index is 1.97. The molecule has 0 fully saturated rings. The fourth-order valence-corrected chi connectivity index (χ4v) is 4.09. The molecular weight excluding hydrogens is 420 g/mol. The van der Waals surface area contributed by atoms with Crippen LogP contribution in [0.25, 0.3) is 5.76 Å². The highest BCUT2D eigenvalue weighted by Gasteiger charge is 2.36. The molecule has 0 N–H and O–H groups in total. The van der Waals surface area contributed by atoms with E-state index in [1.165, 1.54) is 34.3 Å². The molecule has 0 saturated heterocycles. The van der Waals surface area contributed by atoms with Crippen molar-refractivity contribution < 1.29 is 43.1 Å². The molecular formula is C23H21O9-. The lowest BCUT2D eigenvalue weighted by atomic mass is 9.74. The van der Waals surface area contributed by atoms with Crippen molar-refractivity contribution in [1.29, 1.82) is 0 Å². The minimum Gasteiger partial charge on any atom is -0.549 e. The predicted molar refractivity (Wildman–Crippen MR) is 109 cm³/mol. The van der Waals surface area contributed by atoms with Crippen molar-refractivity contribution in [1.82, 2.24) is 0 Å². The van der Waals surface area contributed by atoms with Crippen molar-refractivity contribution in [2.75, 3.05) is 28.1 Å². The van der Waals surface area contributed by atoms with Gasteiger partial charge in [-0.05, 0) is 41.5 Å². The normalized spacial score (nSPS) is 18.3. The smallest absolute Gasteiger partial charge is 0.308 e. The summed E-state index contributed by atoms with van der Waals surface area (Å²) in [6.07, 6.45) is 1.37. The van der Waals surface area contributed by atoms with E-state index in [2.05, 4.69) is 0 Å². The molecule has 2 unspecified atom stereocenters. The molecule has 0 amide bonds. The summed E-state index contributed by atoms with van der Waals surface area (Å²) >= 11 is 0. The number of ether oxygens (including phenoxy) is 6. The summed E-state index contributed by atoms with van der Waals surface area (Å²) in [5, 5.41) is 12.2. The largest absolute Gasteiger partial charge is 0.549 e. The molecule has 4 rings (SSSR count). The van der Waals surface area contributed by atoms with Gasteiger partial charge in [0, 0.05) is 30.3 Å². The highest BCUT2D eigenvalue weighted by molar-refractivity contribution is 5.85. The van der Waals surface area contributed by atoms with E-state index in [-0.39, 0.29) is 12.6 Å². The summed E-state index contributed by atoms with van der Waals surface area (Å²) in [4.78, 5) is 23.9. The van der Waals surface area contributed by atoms with Crippen LogP contribution in [0.1, 0.15) is 29.5 Å². The Labute approximate surface area is 184 Å². The molecule has 2 aromatic carbocycles. The van der Waals surface area contributed by atoms with Gasteiger partial charge < -0.3 is 38.3 Å². The minimum absolute atomic E-state index is 0.0314. The zero-order valence-electron chi connectivity index (χ0n) is 17.9. The molecule has 168 valence electrons. The number of fused-ring (bicyclic) bond motifs is 2. The third-order valence-corrected chi connectivity index (χ3v) is 5.41. The van der Waals surface area contributed by atoms with Crippen molar-refractivity contribution in [3.05, 3.63) is 47.0 Å². The van der Waals surface area contributed by atoms with Gasteiger partial charge in [0.1, 0.15) is 5.76 Å². The first kappa shape index (κ1) is 21.4. The molecule has 0 bridgehead atoms. The van der Waals surface area contributed by atoms with Crippen LogP contribution in [0, 0.1) is 5.92 Å². The van der Waals surface area contributed by atoms with Crippen LogP contribution in [0.5, 0.6) is 28.7 Å². The van der Waals surface area contributed by atoms with E-state index in [0.717, 1.165) is 0 Å². The van der Waals surface area contributed by atoms with Gasteiger partial charge in [0.15, 0.2) is 23.0 Å². The number of hydrogen-bond acceptors (Lipinski definition) is 9. The summed E-state index contributed by atoms with van der Waals surface area (Å²) in [7, 11) is 4.43. The lowest BCUT2D eigenvalue weighted by molar-refractivity contribution is -0.310. The van der Waals surface area contributed by atoms with Gasteiger partial charge in [0.25, 0.3) is 0 Å². The Bertz CT molecular complexity index is 1090. The molecule has 0 spiro atoms. The summed E-state index contributed by atoms with van der Waals surface area (Å²) in [5.74, 6) is -1.63. The van der Waals surface area contributed by atoms with Crippen molar-refractivity contribution in [2.45, 2.75) is 12.8 Å². The molecule has 0 radical (unpaired) electrons. The third-order valence-electron chi connectivity index (χ3n) is 5.41. The Kier molecular flexibility index (Phi) is 5.56. The van der Waals surface area contributed by atoms with Crippen LogP contribution in [0.15, 0.2) is 30.3 Å². The van der Waals surface area contributed by atoms with Crippen LogP contribution < -0.4 is 28.8 Å². The second-order valence-corrected chi connectivity index (χ2v) is 7.20. The first-order chi connectivity index (χ1) is 15.4. The predicted octanol–water partition coefficient (Wildman–Crippen LogP) is 1.86. The van der Waals surface area contributed by atoms with Crippen LogP contribution in [0.2, 0.25) is 0 Å². The summed E-state index contributed by atoms with van der Waals surface area (Å²) in [6.45, 7) is 1.27. The fraction of sp³-hybridized carbons (Fsp3) is 0.304. The molecule has 32 heavy (non-hydrogen) atoms. The highest BCUT2D eigenvalue weighted by atomic mass is 16.7. The molecule has 9 nitrogen and oxygen atoms in total. The Hall–Kier alpha value is -3.88. The summed E-state index contributed by atoms with van der Waals surface area (Å²) in [5.41, 5.74) is 1.66. The zero-order valence-corrected chi connectivity index (χ0v) is 17.9. The quantitative estimate of drug-likeness (QED) is 0.620. The van der Waals surface area contributed by atoms with E-state index in [9.17, 15) is 14.7 Å². The van der Waals surface area contributed by atoms with Crippen LogP contribution in [-0.4, -0.2) is 40.1 Å². The first-order valence-electron chi connectivity index (χ1n) is 9.72. The maximum Gasteiger partial charge on any atom is 0.308 e. The molecule has 0 aromatic heterocycles. The van der Waals surface area contributed by atoms with Gasteiger partial charge in [0.2, 0.25) is 12.5 Å². The molecule has 1 aliphatic carbocycles. The molecule has 9 heteroatoms. The number of benzene rings is 2. The zero-order chi connectivity index (χ0) is 23.0. The lowest BCUT2D eigenvalue weighted by Crippen LogP contribution is -2.36. The van der Waals surface area contributed by atoms with E-state index in [1.54, 1.807) is 24.3 Å². The SMILES string of the molecule is COc1cc(C2c3cc4c(cc3C(OC(C)=O)=CC2C(=O)[O-])OCO4)cc(OC)c1OC. The van der Waals surface area contributed by atoms with E-state index in [1.807, 2.05) is 0 Å². The molecule has 1 heterocycles. The van der Waals surface area contributed by atoms with E-state index < -0.39 is 23.8 Å². The van der Waals surface area contributed by atoms with Crippen molar-refractivity contribution in [3.63, 3.8) is 0 Å². The van der Waals surface area contributed by atoms with Gasteiger partial charge in [-0.3, -0.25) is 4.79 Å². The van der Waals surface area contributed by atoms with E-state index in [0.29, 0.717) is 45.4 Å². The van der Waals surface area contributed by atoms with Crippen LogP contribution in [0.3, 0.4) is 0 Å². The molecule has 2 aromatic rings. The molecule has 2 atom stereocenters. The number of carbonyl (C=O) groups excluding carboxylic acids is 2. The Morgan fingerprint density at radius 1 is 0.969 bits per heavy atom. The maximum atomic E-state index is 12.2. The van der Waals surface area contributed by atoms with Gasteiger partial charge in [-0.2, -0.15) is 0 Å². The Morgan fingerprint density at radius 3 is 2.12 bits per heavy atom. The third kappa shape index (κ3) is 3.55. The number of hydrogen-bond donors (Lipinski definition) is 0. The van der Waals surface area contributed by atoms with Gasteiger partial charge in [0.05, 0.1) is 21.3 Å². The van der Waals surface area contributed by atoms with Crippen LogP contribution >= 0.6 is 0 Å². The molecule has 2 aliphatic rings. The average Bonchev–Trinajstić information content (AvgIpc) is 3.23. The van der Waals surface area contributed by atoms with Crippen molar-refractivity contribution in [2.24, 2.45) is 5.92 Å². The van der Waals surface area contributed by atoms with Gasteiger partial charge in [-0.25, -0.2) is 0 Å².